The highest BCUT2D eigenvalue weighted by atomic mass is 35.5. The Bertz CT molecular complexity index is 288. The van der Waals surface area contributed by atoms with E-state index >= 15 is 0 Å². The summed E-state index contributed by atoms with van der Waals surface area (Å²) in [7, 11) is 0. The zero-order valence-corrected chi connectivity index (χ0v) is 6.28. The van der Waals surface area contributed by atoms with Gasteiger partial charge in [-0.15, -0.1) is 0 Å². The third kappa shape index (κ3) is 1.49. The molecular formula is C6H6ClN3O. The van der Waals surface area contributed by atoms with Crippen molar-refractivity contribution in [3.8, 4) is 0 Å². The van der Waals surface area contributed by atoms with Crippen molar-refractivity contribution in [2.24, 2.45) is 5.73 Å². The molecule has 4 nitrogen and oxygen atoms in total. The van der Waals surface area contributed by atoms with Gasteiger partial charge in [0.15, 0.2) is 6.04 Å². The van der Waals surface area contributed by atoms with Gasteiger partial charge in [0.1, 0.15) is 5.76 Å². The lowest BCUT2D eigenvalue weighted by Crippen LogP contribution is -2.33. The average Bonchev–Trinajstić information content (AvgIpc) is 1.96. The van der Waals surface area contributed by atoms with Crippen molar-refractivity contribution < 1.29 is 9.90 Å². The van der Waals surface area contributed by atoms with Crippen LogP contribution in [0.5, 0.6) is 0 Å². The Kier molecular flexibility index (Phi) is 2.10. The minimum atomic E-state index is -0.775. The monoisotopic (exact) mass is 171 g/mol. The van der Waals surface area contributed by atoms with Crippen LogP contribution in [-0.2, 0) is 0 Å². The van der Waals surface area contributed by atoms with Crippen LogP contribution in [0.4, 0.5) is 0 Å². The van der Waals surface area contributed by atoms with Crippen LogP contribution in [0.15, 0.2) is 22.9 Å². The summed E-state index contributed by atoms with van der Waals surface area (Å²) in [6, 6.07) is -0.775. The highest BCUT2D eigenvalue weighted by Crippen LogP contribution is 2.14. The van der Waals surface area contributed by atoms with Crippen molar-refractivity contribution in [1.82, 2.24) is 0 Å². The molecule has 58 valence electrons. The number of aliphatic hydroxyl groups excluding tert-OH is 1. The van der Waals surface area contributed by atoms with E-state index in [1.54, 1.807) is 0 Å². The van der Waals surface area contributed by atoms with E-state index in [0.717, 1.165) is 0 Å². The normalized spacial score (nSPS) is 23.8. The summed E-state index contributed by atoms with van der Waals surface area (Å²) < 4.78 is 0. The van der Waals surface area contributed by atoms with Gasteiger partial charge in [0.25, 0.3) is 0 Å². The van der Waals surface area contributed by atoms with E-state index in [1.807, 2.05) is 0 Å². The van der Waals surface area contributed by atoms with E-state index in [9.17, 15) is 0 Å². The van der Waals surface area contributed by atoms with E-state index < -0.39 is 6.04 Å². The van der Waals surface area contributed by atoms with Gasteiger partial charge in [-0.2, -0.15) is 4.79 Å². The van der Waals surface area contributed by atoms with Crippen LogP contribution in [0, 0.1) is 0 Å². The zero-order valence-electron chi connectivity index (χ0n) is 5.53. The van der Waals surface area contributed by atoms with Gasteiger partial charge in [-0.05, 0) is 6.08 Å². The number of rotatable bonds is 0. The quantitative estimate of drug-likeness (QED) is 0.413. The molecule has 3 N–H and O–H groups in total. The summed E-state index contributed by atoms with van der Waals surface area (Å²) in [5.41, 5.74) is 13.9. The average molecular weight is 172 g/mol. The maximum atomic E-state index is 9.07. The molecule has 1 rings (SSSR count). The van der Waals surface area contributed by atoms with Crippen molar-refractivity contribution in [2.45, 2.75) is 6.04 Å². The fourth-order valence-corrected chi connectivity index (χ4v) is 0.970. The van der Waals surface area contributed by atoms with Gasteiger partial charge in [0, 0.05) is 6.08 Å². The smallest absolute Gasteiger partial charge is 0.317 e. The first-order valence-electron chi connectivity index (χ1n) is 2.90. The van der Waals surface area contributed by atoms with E-state index in [2.05, 4.69) is 4.79 Å². The van der Waals surface area contributed by atoms with E-state index in [0.29, 0.717) is 0 Å². The Morgan fingerprint density at radius 1 is 1.64 bits per heavy atom. The van der Waals surface area contributed by atoms with Crippen molar-refractivity contribution in [2.75, 3.05) is 0 Å². The summed E-state index contributed by atoms with van der Waals surface area (Å²) >= 11 is 5.53. The third-order valence-corrected chi connectivity index (χ3v) is 1.54. The Hall–Kier alpha value is -1.09. The summed E-state index contributed by atoms with van der Waals surface area (Å²) in [5, 5.41) is 9.36. The van der Waals surface area contributed by atoms with Crippen LogP contribution in [0.3, 0.4) is 0 Å². The van der Waals surface area contributed by atoms with Gasteiger partial charge in [-0.1, -0.05) is 11.6 Å². The third-order valence-electron chi connectivity index (χ3n) is 1.32. The fraction of sp³-hybridized carbons (Fsp3) is 0.167. The molecule has 0 aromatic heterocycles. The molecule has 0 spiro atoms. The van der Waals surface area contributed by atoms with Crippen molar-refractivity contribution >= 4 is 17.3 Å². The fourth-order valence-electron chi connectivity index (χ4n) is 0.746. The second kappa shape index (κ2) is 2.88. The molecule has 0 saturated heterocycles. The maximum Gasteiger partial charge on any atom is 0.317 e. The Labute approximate surface area is 68.2 Å². The molecule has 5 heteroatoms. The summed E-state index contributed by atoms with van der Waals surface area (Å²) in [6.07, 6.45) is 2.69. The van der Waals surface area contributed by atoms with Crippen LogP contribution in [0.1, 0.15) is 0 Å². The molecule has 0 amide bonds. The molecule has 1 atom stereocenters. The number of hydrogen-bond donors (Lipinski definition) is 2. The van der Waals surface area contributed by atoms with Gasteiger partial charge < -0.3 is 16.4 Å². The SMILES string of the molecule is [N-]=[N+]=C1C=C(Cl)C=C(O)C1N. The van der Waals surface area contributed by atoms with E-state index in [4.69, 9.17) is 28.0 Å². The first kappa shape index (κ1) is 8.01. The maximum absolute atomic E-state index is 9.07. The molecule has 0 heterocycles. The Balaban J connectivity index is 3.10. The van der Waals surface area contributed by atoms with Crippen LogP contribution < -0.4 is 5.73 Å². The number of allylic oxidation sites excluding steroid dienone is 2. The Morgan fingerprint density at radius 2 is 2.27 bits per heavy atom. The minimum absolute atomic E-state index is 0.106. The first-order chi connectivity index (χ1) is 5.15. The first-order valence-corrected chi connectivity index (χ1v) is 3.28. The molecule has 0 aliphatic heterocycles. The second-order valence-corrected chi connectivity index (χ2v) is 2.54. The van der Waals surface area contributed by atoms with E-state index in [1.165, 1.54) is 12.2 Å². The van der Waals surface area contributed by atoms with E-state index in [-0.39, 0.29) is 16.5 Å². The van der Waals surface area contributed by atoms with Crippen LogP contribution >= 0.6 is 11.6 Å². The molecule has 0 aromatic rings. The highest BCUT2D eigenvalue weighted by molar-refractivity contribution is 6.33. The molecule has 0 radical (unpaired) electrons. The van der Waals surface area contributed by atoms with Gasteiger partial charge >= 0.3 is 5.71 Å². The highest BCUT2D eigenvalue weighted by Gasteiger charge is 2.25. The molecular weight excluding hydrogens is 166 g/mol. The summed E-state index contributed by atoms with van der Waals surface area (Å²) in [5.74, 6) is -0.106. The lowest BCUT2D eigenvalue weighted by molar-refractivity contribution is -0.00787. The molecule has 0 aromatic carbocycles. The number of hydrogen-bond acceptors (Lipinski definition) is 2. The zero-order chi connectivity index (χ0) is 8.43. The van der Waals surface area contributed by atoms with Gasteiger partial charge in [-0.3, -0.25) is 0 Å². The standard InChI is InChI=1S/C6H6ClN3O/c7-3-1-4(10-9)6(8)5(11)2-3/h1-2,6,11H,8H2. The van der Waals surface area contributed by atoms with Crippen molar-refractivity contribution in [3.63, 3.8) is 0 Å². The van der Waals surface area contributed by atoms with Crippen molar-refractivity contribution in [1.29, 1.82) is 0 Å². The van der Waals surface area contributed by atoms with Crippen LogP contribution in [-0.4, -0.2) is 21.6 Å². The predicted molar refractivity (Wildman–Crippen MR) is 41.2 cm³/mol. The van der Waals surface area contributed by atoms with Crippen molar-refractivity contribution in [3.05, 3.63) is 28.5 Å². The largest absolute Gasteiger partial charge is 0.510 e. The lowest BCUT2D eigenvalue weighted by Gasteiger charge is -2.07. The second-order valence-electron chi connectivity index (χ2n) is 2.10. The number of halogens is 1. The molecule has 1 aliphatic rings. The Morgan fingerprint density at radius 3 is 2.82 bits per heavy atom. The number of nitrogens with two attached hydrogens (primary N) is 1. The number of aliphatic hydroxyl groups is 1. The number of nitrogens with zero attached hydrogens (tertiary/aromatic N) is 2. The summed E-state index contributed by atoms with van der Waals surface area (Å²) in [6.45, 7) is 0. The molecule has 0 fully saturated rings. The van der Waals surface area contributed by atoms with Gasteiger partial charge in [-0.25, -0.2) is 0 Å². The topological polar surface area (TPSA) is 82.7 Å². The summed E-state index contributed by atoms with van der Waals surface area (Å²) in [4.78, 5) is 2.86. The molecule has 11 heavy (non-hydrogen) atoms. The predicted octanol–water partition coefficient (Wildman–Crippen LogP) is 0.563. The minimum Gasteiger partial charge on any atom is -0.510 e. The molecule has 1 aliphatic carbocycles. The van der Waals surface area contributed by atoms with Gasteiger partial charge in [0.05, 0.1) is 5.03 Å². The van der Waals surface area contributed by atoms with Gasteiger partial charge in [0.2, 0.25) is 0 Å². The molecule has 1 unspecified atom stereocenters. The molecule has 0 bridgehead atoms. The lowest BCUT2D eigenvalue weighted by atomic mass is 10.1. The van der Waals surface area contributed by atoms with Crippen LogP contribution in [0.2, 0.25) is 0 Å². The van der Waals surface area contributed by atoms with Crippen LogP contribution in [0.25, 0.3) is 5.53 Å². The molecule has 0 saturated carbocycles.